The maximum atomic E-state index is 12.5. The van der Waals surface area contributed by atoms with Gasteiger partial charge in [0.25, 0.3) is 0 Å². The number of carbonyl (C=O) groups excluding carboxylic acids is 1. The Labute approximate surface area is 173 Å². The molecule has 0 aliphatic carbocycles. The minimum atomic E-state index is 0.0139. The molecule has 0 aliphatic heterocycles. The third-order valence-corrected chi connectivity index (χ3v) is 4.83. The van der Waals surface area contributed by atoms with Crippen LogP contribution in [0.2, 0.25) is 0 Å². The van der Waals surface area contributed by atoms with Crippen LogP contribution >= 0.6 is 0 Å². The number of likely N-dealkylation sites (N-methyl/N-ethyl adjacent to an activating group) is 1. The molecule has 1 amide bonds. The van der Waals surface area contributed by atoms with Crippen LogP contribution in [0.3, 0.4) is 0 Å². The number of benzene rings is 3. The van der Waals surface area contributed by atoms with Gasteiger partial charge in [0.05, 0.1) is 0 Å². The largest absolute Gasteiger partial charge is 0.492 e. The van der Waals surface area contributed by atoms with Crippen molar-refractivity contribution < 1.29 is 9.53 Å². The van der Waals surface area contributed by atoms with E-state index in [0.29, 0.717) is 19.6 Å². The second-order valence-electron chi connectivity index (χ2n) is 7.13. The van der Waals surface area contributed by atoms with E-state index in [2.05, 4.69) is 10.2 Å². The van der Waals surface area contributed by atoms with Crippen LogP contribution in [0.25, 0.3) is 11.1 Å². The molecule has 1 N–H and O–H groups in total. The SMILES string of the molecule is Cc1ccccc1OCCN(C)CCC(=O)Nc1ccccc1-c1ccccc1. The highest BCUT2D eigenvalue weighted by Crippen LogP contribution is 2.27. The summed E-state index contributed by atoms with van der Waals surface area (Å²) in [4.78, 5) is 14.6. The van der Waals surface area contributed by atoms with Crippen LogP contribution in [-0.4, -0.2) is 37.6 Å². The van der Waals surface area contributed by atoms with Crippen LogP contribution in [-0.2, 0) is 4.79 Å². The third-order valence-electron chi connectivity index (χ3n) is 4.83. The summed E-state index contributed by atoms with van der Waals surface area (Å²) in [6.07, 6.45) is 0.435. The minimum Gasteiger partial charge on any atom is -0.492 e. The van der Waals surface area contributed by atoms with Crippen molar-refractivity contribution in [2.75, 3.05) is 32.1 Å². The van der Waals surface area contributed by atoms with Crippen LogP contribution in [0, 0.1) is 6.92 Å². The lowest BCUT2D eigenvalue weighted by Crippen LogP contribution is -2.28. The molecule has 3 aromatic carbocycles. The Hall–Kier alpha value is -3.11. The van der Waals surface area contributed by atoms with Gasteiger partial charge < -0.3 is 15.0 Å². The maximum Gasteiger partial charge on any atom is 0.225 e. The summed E-state index contributed by atoms with van der Waals surface area (Å²) in [6, 6.07) is 26.0. The quantitative estimate of drug-likeness (QED) is 0.561. The summed E-state index contributed by atoms with van der Waals surface area (Å²) in [7, 11) is 2.01. The van der Waals surface area contributed by atoms with Gasteiger partial charge in [-0.1, -0.05) is 66.7 Å². The highest BCUT2D eigenvalue weighted by Gasteiger charge is 2.09. The predicted octanol–water partition coefficient (Wildman–Crippen LogP) is 5.00. The van der Waals surface area contributed by atoms with Crippen LogP contribution in [0.1, 0.15) is 12.0 Å². The van der Waals surface area contributed by atoms with Gasteiger partial charge in [0, 0.05) is 30.8 Å². The van der Waals surface area contributed by atoms with E-state index >= 15 is 0 Å². The maximum absolute atomic E-state index is 12.5. The molecule has 0 radical (unpaired) electrons. The molecule has 0 bridgehead atoms. The molecule has 0 fully saturated rings. The summed E-state index contributed by atoms with van der Waals surface area (Å²) in [5, 5.41) is 3.06. The second-order valence-corrected chi connectivity index (χ2v) is 7.13. The fourth-order valence-corrected chi connectivity index (χ4v) is 3.11. The monoisotopic (exact) mass is 388 g/mol. The van der Waals surface area contributed by atoms with Crippen LogP contribution in [0.5, 0.6) is 5.75 Å². The third kappa shape index (κ3) is 6.19. The Bertz CT molecular complexity index is 925. The van der Waals surface area contributed by atoms with E-state index in [1.165, 1.54) is 0 Å². The Kier molecular flexibility index (Phi) is 7.42. The molecule has 150 valence electrons. The summed E-state index contributed by atoms with van der Waals surface area (Å²) in [5.74, 6) is 0.927. The van der Waals surface area contributed by atoms with Gasteiger partial charge in [-0.15, -0.1) is 0 Å². The van der Waals surface area contributed by atoms with Crippen molar-refractivity contribution in [2.24, 2.45) is 0 Å². The number of aryl methyl sites for hydroxylation is 1. The first-order valence-electron chi connectivity index (χ1n) is 9.95. The number of para-hydroxylation sites is 2. The zero-order chi connectivity index (χ0) is 20.5. The van der Waals surface area contributed by atoms with Gasteiger partial charge in [0.15, 0.2) is 0 Å². The average molecular weight is 389 g/mol. The van der Waals surface area contributed by atoms with Crippen LogP contribution in [0.15, 0.2) is 78.9 Å². The van der Waals surface area contributed by atoms with Gasteiger partial charge in [-0.2, -0.15) is 0 Å². The molecule has 0 saturated carbocycles. The van der Waals surface area contributed by atoms with Gasteiger partial charge in [0.1, 0.15) is 12.4 Å². The first-order chi connectivity index (χ1) is 14.1. The zero-order valence-corrected chi connectivity index (χ0v) is 17.1. The summed E-state index contributed by atoms with van der Waals surface area (Å²) < 4.78 is 5.83. The Balaban J connectivity index is 1.46. The number of anilines is 1. The molecule has 0 atom stereocenters. The number of hydrogen-bond donors (Lipinski definition) is 1. The number of nitrogens with zero attached hydrogens (tertiary/aromatic N) is 1. The average Bonchev–Trinajstić information content (AvgIpc) is 2.75. The molecular formula is C25H28N2O2. The van der Waals surface area contributed by atoms with Crippen molar-refractivity contribution in [1.29, 1.82) is 0 Å². The van der Waals surface area contributed by atoms with Crippen molar-refractivity contribution in [3.63, 3.8) is 0 Å². The number of amides is 1. The van der Waals surface area contributed by atoms with E-state index in [4.69, 9.17) is 4.74 Å². The van der Waals surface area contributed by atoms with Gasteiger partial charge in [-0.3, -0.25) is 4.79 Å². The minimum absolute atomic E-state index is 0.0139. The highest BCUT2D eigenvalue weighted by atomic mass is 16.5. The molecule has 0 aromatic heterocycles. The van der Waals surface area contributed by atoms with Crippen molar-refractivity contribution in [3.8, 4) is 16.9 Å². The first-order valence-corrected chi connectivity index (χ1v) is 9.95. The summed E-state index contributed by atoms with van der Waals surface area (Å²) in [5.41, 5.74) is 4.09. The Morgan fingerprint density at radius 2 is 1.59 bits per heavy atom. The molecule has 3 rings (SSSR count). The zero-order valence-electron chi connectivity index (χ0n) is 17.1. The lowest BCUT2D eigenvalue weighted by atomic mass is 10.0. The van der Waals surface area contributed by atoms with Crippen LogP contribution in [0.4, 0.5) is 5.69 Å². The molecule has 0 saturated heterocycles. The van der Waals surface area contributed by atoms with Crippen molar-refractivity contribution in [1.82, 2.24) is 4.90 Å². The second kappa shape index (κ2) is 10.4. The van der Waals surface area contributed by atoms with E-state index in [-0.39, 0.29) is 5.91 Å². The highest BCUT2D eigenvalue weighted by molar-refractivity contribution is 5.95. The standard InChI is InChI=1S/C25H28N2O2/c1-20-10-6-9-15-24(20)29-19-18-27(2)17-16-25(28)26-23-14-8-7-13-22(23)21-11-4-3-5-12-21/h3-15H,16-19H2,1-2H3,(H,26,28). The van der Waals surface area contributed by atoms with Crippen molar-refractivity contribution in [2.45, 2.75) is 13.3 Å². The normalized spacial score (nSPS) is 10.7. The van der Waals surface area contributed by atoms with Crippen molar-refractivity contribution in [3.05, 3.63) is 84.4 Å². The fourth-order valence-electron chi connectivity index (χ4n) is 3.11. The van der Waals surface area contributed by atoms with Gasteiger partial charge in [0.2, 0.25) is 5.91 Å². The van der Waals surface area contributed by atoms with Gasteiger partial charge in [-0.05, 0) is 37.2 Å². The Morgan fingerprint density at radius 3 is 2.38 bits per heavy atom. The van der Waals surface area contributed by atoms with Gasteiger partial charge >= 0.3 is 0 Å². The molecular weight excluding hydrogens is 360 g/mol. The molecule has 3 aromatic rings. The molecule has 0 aliphatic rings. The number of nitrogens with one attached hydrogen (secondary N) is 1. The van der Waals surface area contributed by atoms with E-state index < -0.39 is 0 Å². The van der Waals surface area contributed by atoms with E-state index in [1.807, 2.05) is 92.8 Å². The number of ether oxygens (including phenoxy) is 1. The fraction of sp³-hybridized carbons (Fsp3) is 0.240. The Morgan fingerprint density at radius 1 is 0.897 bits per heavy atom. The lowest BCUT2D eigenvalue weighted by Gasteiger charge is -2.18. The molecule has 29 heavy (non-hydrogen) atoms. The molecule has 4 nitrogen and oxygen atoms in total. The lowest BCUT2D eigenvalue weighted by molar-refractivity contribution is -0.116. The molecule has 0 unspecified atom stereocenters. The van der Waals surface area contributed by atoms with Gasteiger partial charge in [-0.25, -0.2) is 0 Å². The predicted molar refractivity (Wildman–Crippen MR) is 119 cm³/mol. The number of rotatable bonds is 9. The van der Waals surface area contributed by atoms with Crippen LogP contribution < -0.4 is 10.1 Å². The van der Waals surface area contributed by atoms with E-state index in [0.717, 1.165) is 34.7 Å². The summed E-state index contributed by atoms with van der Waals surface area (Å²) in [6.45, 7) is 4.08. The number of hydrogen-bond acceptors (Lipinski definition) is 3. The molecule has 0 spiro atoms. The molecule has 0 heterocycles. The van der Waals surface area contributed by atoms with Crippen molar-refractivity contribution >= 4 is 11.6 Å². The smallest absolute Gasteiger partial charge is 0.225 e. The van der Waals surface area contributed by atoms with E-state index in [1.54, 1.807) is 0 Å². The topological polar surface area (TPSA) is 41.6 Å². The van der Waals surface area contributed by atoms with E-state index in [9.17, 15) is 4.79 Å². The summed E-state index contributed by atoms with van der Waals surface area (Å²) >= 11 is 0. The number of carbonyl (C=O) groups is 1. The first kappa shape index (κ1) is 20.6. The molecule has 4 heteroatoms.